The van der Waals surface area contributed by atoms with Crippen molar-refractivity contribution in [2.75, 3.05) is 0 Å². The van der Waals surface area contributed by atoms with Crippen LogP contribution >= 0.6 is 0 Å². The van der Waals surface area contributed by atoms with Gasteiger partial charge >= 0.3 is 11.3 Å². The summed E-state index contributed by atoms with van der Waals surface area (Å²) in [6.45, 7) is 16.0. The number of hydrogen-bond donors (Lipinski definition) is 0. The summed E-state index contributed by atoms with van der Waals surface area (Å²) in [5, 5.41) is 11.8. The van der Waals surface area contributed by atoms with Crippen molar-refractivity contribution < 1.29 is 14.2 Å². The van der Waals surface area contributed by atoms with Gasteiger partial charge in [-0.05, 0) is 46.2 Å². The fourth-order valence-corrected chi connectivity index (χ4v) is 1.72. The van der Waals surface area contributed by atoms with Crippen LogP contribution < -0.4 is 0 Å². The topological polar surface area (TPSA) is 78.5 Å². The summed E-state index contributed by atoms with van der Waals surface area (Å²) in [5.41, 5.74) is 0. The van der Waals surface area contributed by atoms with Crippen molar-refractivity contribution in [2.24, 2.45) is 10.4 Å². The summed E-state index contributed by atoms with van der Waals surface area (Å²) in [7, 11) is 0. The Morgan fingerprint density at radius 2 is 1.39 bits per heavy atom. The summed E-state index contributed by atoms with van der Waals surface area (Å²) in [6.07, 6.45) is 1.79. The highest BCUT2D eigenvalue weighted by atomic mass is 16.2. The fourth-order valence-electron chi connectivity index (χ4n) is 1.72. The molecular weight excluding hydrogens is 294 g/mol. The first-order valence-electron chi connectivity index (χ1n) is 8.10. The molecule has 0 N–H and O–H groups in total. The normalized spacial score (nSPS) is 14.5. The summed E-state index contributed by atoms with van der Waals surface area (Å²) >= 11 is 0. The molecule has 0 aromatic carbocycles. The van der Waals surface area contributed by atoms with Crippen molar-refractivity contribution in [3.05, 3.63) is 12.2 Å². The predicted octanol–water partition coefficient (Wildman–Crippen LogP) is 3.76. The highest BCUT2D eigenvalue weighted by Gasteiger charge is 2.44. The van der Waals surface area contributed by atoms with Crippen LogP contribution in [0.5, 0.6) is 0 Å². The zero-order valence-electron chi connectivity index (χ0n) is 15.4. The van der Waals surface area contributed by atoms with Crippen LogP contribution in [0, 0.1) is 0 Å². The van der Waals surface area contributed by atoms with E-state index in [1.165, 1.54) is 9.39 Å². The molecule has 2 rings (SSSR count). The van der Waals surface area contributed by atoms with Gasteiger partial charge in [0, 0.05) is 12.0 Å². The third kappa shape index (κ3) is 5.01. The molecule has 1 aromatic heterocycles. The minimum atomic E-state index is -0.139. The van der Waals surface area contributed by atoms with Crippen LogP contribution in [0.2, 0.25) is 0 Å². The number of urea groups is 1. The van der Waals surface area contributed by atoms with E-state index in [1.54, 1.807) is 6.33 Å². The van der Waals surface area contributed by atoms with E-state index in [-0.39, 0.29) is 18.1 Å². The lowest BCUT2D eigenvalue weighted by atomic mass is 10.2. The number of aromatic nitrogens is 3. The molecule has 0 radical (unpaired) electrons. The second-order valence-electron chi connectivity index (χ2n) is 6.67. The lowest BCUT2D eigenvalue weighted by Crippen LogP contribution is -2.32. The third-order valence-corrected chi connectivity index (χ3v) is 3.17. The fraction of sp³-hybridized carbons (Fsp3) is 0.800. The van der Waals surface area contributed by atoms with E-state index in [4.69, 9.17) is 0 Å². The predicted molar refractivity (Wildman–Crippen MR) is 85.5 cm³/mol. The lowest BCUT2D eigenvalue weighted by Gasteiger charge is -2.02. The second kappa shape index (κ2) is 8.03. The van der Waals surface area contributed by atoms with Crippen LogP contribution in [0.25, 0.3) is 0 Å². The van der Waals surface area contributed by atoms with Gasteiger partial charge in [-0.1, -0.05) is 13.8 Å². The van der Waals surface area contributed by atoms with Gasteiger partial charge in [0.05, 0.1) is 4.70 Å². The molecule has 23 heavy (non-hydrogen) atoms. The smallest absolute Gasteiger partial charge is 0.250 e. The quantitative estimate of drug-likeness (QED) is 0.791. The average Bonchev–Trinajstić information content (AvgIpc) is 3.05. The molecule has 2 amide bonds. The molecule has 0 unspecified atom stereocenters. The number of carbonyl (C=O) groups is 1. The van der Waals surface area contributed by atoms with Crippen molar-refractivity contribution in [2.45, 2.75) is 79.4 Å². The van der Waals surface area contributed by atoms with Crippen molar-refractivity contribution in [3.8, 4) is 0 Å². The molecule has 0 saturated heterocycles. The Balaban J connectivity index is 0.000000231. The van der Waals surface area contributed by atoms with Crippen molar-refractivity contribution >= 4 is 6.03 Å². The number of amides is 2. The SMILES string of the molecule is CC(C)[N+]1=NN=[N+](C(C)C)C1=O.CC(C)c1ncn(C(C)C)n1. The van der Waals surface area contributed by atoms with E-state index < -0.39 is 0 Å². The zero-order chi connectivity index (χ0) is 17.7. The Hall–Kier alpha value is -1.99. The van der Waals surface area contributed by atoms with Crippen LogP contribution in [-0.4, -0.2) is 42.3 Å². The minimum Gasteiger partial charge on any atom is -0.250 e. The number of carbonyl (C=O) groups excluding carboxylic acids is 1. The van der Waals surface area contributed by atoms with Gasteiger partial charge in [-0.2, -0.15) is 9.89 Å². The van der Waals surface area contributed by atoms with Gasteiger partial charge in [-0.15, -0.1) is 0 Å². The highest BCUT2D eigenvalue weighted by molar-refractivity contribution is 5.54. The van der Waals surface area contributed by atoms with Crippen LogP contribution in [0.15, 0.2) is 16.8 Å². The minimum absolute atomic E-state index is 0.0741. The summed E-state index contributed by atoms with van der Waals surface area (Å²) < 4.78 is 4.63. The van der Waals surface area contributed by atoms with Crippen LogP contribution in [0.1, 0.15) is 73.2 Å². The van der Waals surface area contributed by atoms with Gasteiger partial charge < -0.3 is 0 Å². The number of nitrogens with zero attached hydrogens (tertiary/aromatic N) is 7. The third-order valence-electron chi connectivity index (χ3n) is 3.17. The van der Waals surface area contributed by atoms with E-state index in [0.717, 1.165) is 5.82 Å². The molecule has 0 bridgehead atoms. The monoisotopic (exact) mass is 323 g/mol. The highest BCUT2D eigenvalue weighted by Crippen LogP contribution is 2.09. The number of rotatable bonds is 4. The Labute approximate surface area is 137 Å². The summed E-state index contributed by atoms with van der Waals surface area (Å²) in [4.78, 5) is 15.6. The maximum Gasteiger partial charge on any atom is 0.633 e. The molecule has 8 heteroatoms. The number of hydrogen-bond acceptors (Lipinski definition) is 5. The molecule has 0 spiro atoms. The Kier molecular flexibility index (Phi) is 6.65. The molecule has 1 aliphatic heterocycles. The molecule has 0 saturated carbocycles. The molecule has 1 aliphatic rings. The first-order valence-corrected chi connectivity index (χ1v) is 8.10. The molecule has 8 nitrogen and oxygen atoms in total. The van der Waals surface area contributed by atoms with Crippen LogP contribution in [-0.2, 0) is 0 Å². The van der Waals surface area contributed by atoms with Crippen molar-refractivity contribution in [1.82, 2.24) is 14.8 Å². The molecule has 128 valence electrons. The van der Waals surface area contributed by atoms with Crippen molar-refractivity contribution in [1.29, 1.82) is 0 Å². The van der Waals surface area contributed by atoms with Crippen molar-refractivity contribution in [3.63, 3.8) is 0 Å². The first-order chi connectivity index (χ1) is 10.6. The standard InChI is InChI=1S/C8H15N3.C7H14N4O/c1-6(2)8-9-5-11(10-8)7(3)4;1-5(2)10-7(12)11(6(3)4)9-8-10/h5-7H,1-4H3;5-6H,1-4H3/q;+2. The Morgan fingerprint density at radius 3 is 1.61 bits per heavy atom. The zero-order valence-corrected chi connectivity index (χ0v) is 15.4. The van der Waals surface area contributed by atoms with E-state index in [2.05, 4.69) is 48.2 Å². The molecule has 0 aliphatic carbocycles. The molecule has 1 aromatic rings. The molecule has 0 atom stereocenters. The molecular formula is C15H29N7O+2. The second-order valence-corrected chi connectivity index (χ2v) is 6.67. The van der Waals surface area contributed by atoms with E-state index in [0.29, 0.717) is 12.0 Å². The van der Waals surface area contributed by atoms with Crippen LogP contribution in [0.4, 0.5) is 4.79 Å². The summed E-state index contributed by atoms with van der Waals surface area (Å²) in [5.74, 6) is 1.36. The van der Waals surface area contributed by atoms with Gasteiger partial charge in [0.1, 0.15) is 12.4 Å². The van der Waals surface area contributed by atoms with E-state index in [9.17, 15) is 4.79 Å². The Bertz CT molecular complexity index is 548. The Morgan fingerprint density at radius 1 is 0.913 bits per heavy atom. The van der Waals surface area contributed by atoms with Gasteiger partial charge in [0.15, 0.2) is 11.9 Å². The molecule has 2 heterocycles. The van der Waals surface area contributed by atoms with Gasteiger partial charge in [-0.25, -0.2) is 4.98 Å². The maximum absolute atomic E-state index is 11.5. The average molecular weight is 323 g/mol. The van der Waals surface area contributed by atoms with Gasteiger partial charge in [-0.3, -0.25) is 4.68 Å². The van der Waals surface area contributed by atoms with E-state index in [1.807, 2.05) is 32.4 Å². The van der Waals surface area contributed by atoms with E-state index >= 15 is 0 Å². The van der Waals surface area contributed by atoms with Gasteiger partial charge in [0.25, 0.3) is 5.22 Å². The van der Waals surface area contributed by atoms with Gasteiger partial charge in [0.2, 0.25) is 0 Å². The largest absolute Gasteiger partial charge is 0.633 e. The maximum atomic E-state index is 11.5. The molecule has 0 fully saturated rings. The van der Waals surface area contributed by atoms with Crippen LogP contribution in [0.3, 0.4) is 0 Å². The lowest BCUT2D eigenvalue weighted by molar-refractivity contribution is -0.620. The first kappa shape index (κ1) is 19.1. The summed E-state index contributed by atoms with van der Waals surface area (Å²) in [6, 6.07) is 0.421.